The molecule has 0 bridgehead atoms. The van der Waals surface area contributed by atoms with Gasteiger partial charge in [-0.25, -0.2) is 0 Å². The van der Waals surface area contributed by atoms with Crippen LogP contribution < -0.4 is 0 Å². The van der Waals surface area contributed by atoms with Gasteiger partial charge in [0.2, 0.25) is 0 Å². The molecule has 5 rings (SSSR count). The molecule has 3 fully saturated rings. The van der Waals surface area contributed by atoms with E-state index >= 15 is 0 Å². The molecule has 2 aromatic rings. The van der Waals surface area contributed by atoms with Crippen LogP contribution in [0.4, 0.5) is 0 Å². The molecule has 0 saturated heterocycles. The summed E-state index contributed by atoms with van der Waals surface area (Å²) in [4.78, 5) is 13.3. The first kappa shape index (κ1) is 23.7. The topological polar surface area (TPSA) is 68.0 Å². The van der Waals surface area contributed by atoms with Gasteiger partial charge in [0.25, 0.3) is 0 Å². The third-order valence-corrected chi connectivity index (χ3v) is 8.45. The lowest BCUT2D eigenvalue weighted by Crippen LogP contribution is -2.35. The summed E-state index contributed by atoms with van der Waals surface area (Å²) in [6.45, 7) is 8.80. The predicted octanol–water partition coefficient (Wildman–Crippen LogP) is 5.83. The van der Waals surface area contributed by atoms with E-state index in [1.807, 2.05) is 0 Å². The quantitative estimate of drug-likeness (QED) is 0.482. The number of aromatic nitrogens is 3. The molecule has 1 aromatic heterocycles. The highest BCUT2D eigenvalue weighted by molar-refractivity contribution is 5.82. The van der Waals surface area contributed by atoms with Crippen molar-refractivity contribution in [3.05, 3.63) is 46.5 Å². The van der Waals surface area contributed by atoms with Crippen molar-refractivity contribution in [3.63, 3.8) is 0 Å². The first-order chi connectivity index (χ1) is 16.3. The Morgan fingerprint density at radius 3 is 2.47 bits per heavy atom. The van der Waals surface area contributed by atoms with Crippen molar-refractivity contribution in [3.8, 4) is 0 Å². The Hall–Kier alpha value is -2.01. The average Bonchev–Trinajstić information content (AvgIpc) is 3.47. The third kappa shape index (κ3) is 5.00. The van der Waals surface area contributed by atoms with Gasteiger partial charge >= 0.3 is 0 Å². The number of benzene rings is 1. The van der Waals surface area contributed by atoms with Gasteiger partial charge in [-0.1, -0.05) is 37.6 Å². The fourth-order valence-corrected chi connectivity index (χ4v) is 6.36. The van der Waals surface area contributed by atoms with E-state index in [1.54, 1.807) is 0 Å². The summed E-state index contributed by atoms with van der Waals surface area (Å²) in [6.07, 6.45) is 8.41. The monoisotopic (exact) mass is 463 g/mol. The molecule has 1 aromatic carbocycles. The lowest BCUT2D eigenvalue weighted by Gasteiger charge is -2.38. The van der Waals surface area contributed by atoms with Gasteiger partial charge in [-0.3, -0.25) is 4.79 Å². The van der Waals surface area contributed by atoms with E-state index in [4.69, 9.17) is 10.2 Å². The standard InChI is InChI=1S/C29H41N3O2/c1-17(2)9-20-11-23(12-20)28-30-31-29(32(28)24-7-8-24)27(22-14-25(33)15-22)16-26(34)13-21-6-5-18(3)10-19(21)4/h5-6,10,17,20,22-25,27,33H,7-9,11-16H2,1-4H3/t20?,22?,23?,25?,27-/m0/s1. The van der Waals surface area contributed by atoms with E-state index in [1.165, 1.54) is 49.1 Å². The Morgan fingerprint density at radius 2 is 1.85 bits per heavy atom. The zero-order valence-corrected chi connectivity index (χ0v) is 21.3. The minimum Gasteiger partial charge on any atom is -0.393 e. The van der Waals surface area contributed by atoms with Crippen LogP contribution in [0.1, 0.15) is 111 Å². The number of carbonyl (C=O) groups is 1. The van der Waals surface area contributed by atoms with Crippen LogP contribution in [0, 0.1) is 31.6 Å². The van der Waals surface area contributed by atoms with Crippen LogP contribution in [-0.4, -0.2) is 31.8 Å². The predicted molar refractivity (Wildman–Crippen MR) is 134 cm³/mol. The normalized spacial score (nSPS) is 27.4. The number of rotatable bonds is 10. The molecule has 0 spiro atoms. The zero-order chi connectivity index (χ0) is 24.0. The van der Waals surface area contributed by atoms with Gasteiger partial charge in [-0.2, -0.15) is 0 Å². The maximum absolute atomic E-state index is 13.3. The number of aryl methyl sites for hydroxylation is 2. The molecule has 184 valence electrons. The number of hydrogen-bond donors (Lipinski definition) is 1. The van der Waals surface area contributed by atoms with Crippen LogP contribution in [0.3, 0.4) is 0 Å². The number of aliphatic hydroxyl groups excluding tert-OH is 1. The SMILES string of the molecule is Cc1ccc(CC(=O)C[C@H](c2nnc(C3CC(CC(C)C)C3)n2C2CC2)C2CC(O)C2)c(C)c1. The second-order valence-electron chi connectivity index (χ2n) is 12.0. The molecule has 1 heterocycles. The molecule has 5 nitrogen and oxygen atoms in total. The Bertz CT molecular complexity index is 1030. The van der Waals surface area contributed by atoms with Gasteiger partial charge in [0, 0.05) is 30.7 Å². The molecule has 3 saturated carbocycles. The van der Waals surface area contributed by atoms with Crippen molar-refractivity contribution < 1.29 is 9.90 Å². The van der Waals surface area contributed by atoms with Crippen molar-refractivity contribution in [2.75, 3.05) is 0 Å². The first-order valence-corrected chi connectivity index (χ1v) is 13.5. The summed E-state index contributed by atoms with van der Waals surface area (Å²) in [7, 11) is 0. The highest BCUT2D eigenvalue weighted by atomic mass is 16.3. The van der Waals surface area contributed by atoms with E-state index in [-0.39, 0.29) is 17.8 Å². The second-order valence-corrected chi connectivity index (χ2v) is 12.0. The van der Waals surface area contributed by atoms with Gasteiger partial charge < -0.3 is 9.67 Å². The molecule has 1 N–H and O–H groups in total. The lowest BCUT2D eigenvalue weighted by atomic mass is 9.70. The van der Waals surface area contributed by atoms with Crippen LogP contribution in [-0.2, 0) is 11.2 Å². The van der Waals surface area contributed by atoms with Crippen molar-refractivity contribution >= 4 is 5.78 Å². The second kappa shape index (κ2) is 9.56. The number of hydrogen-bond acceptors (Lipinski definition) is 4. The molecular weight excluding hydrogens is 422 g/mol. The van der Waals surface area contributed by atoms with E-state index in [2.05, 4.69) is 50.5 Å². The van der Waals surface area contributed by atoms with E-state index in [9.17, 15) is 9.90 Å². The number of Topliss-reactive ketones (excluding diaryl/α,β-unsaturated/α-hetero) is 1. The number of carbonyl (C=O) groups excluding carboxylic acids is 1. The van der Waals surface area contributed by atoms with Crippen molar-refractivity contribution in [1.82, 2.24) is 14.8 Å². The molecule has 3 aliphatic carbocycles. The van der Waals surface area contributed by atoms with Gasteiger partial charge in [0.15, 0.2) is 0 Å². The van der Waals surface area contributed by atoms with Crippen molar-refractivity contribution in [1.29, 1.82) is 0 Å². The van der Waals surface area contributed by atoms with Crippen LogP contribution in [0.5, 0.6) is 0 Å². The molecule has 0 aliphatic heterocycles. The number of ketones is 1. The van der Waals surface area contributed by atoms with E-state index in [0.717, 1.165) is 36.1 Å². The summed E-state index contributed by atoms with van der Waals surface area (Å²) < 4.78 is 2.44. The van der Waals surface area contributed by atoms with Gasteiger partial charge in [-0.15, -0.1) is 10.2 Å². The summed E-state index contributed by atoms with van der Waals surface area (Å²) in [5.74, 6) is 4.93. The Morgan fingerprint density at radius 1 is 1.12 bits per heavy atom. The Labute approximate surface area is 204 Å². The molecular formula is C29H41N3O2. The molecule has 0 unspecified atom stereocenters. The molecule has 0 radical (unpaired) electrons. The van der Waals surface area contributed by atoms with Crippen LogP contribution in [0.15, 0.2) is 18.2 Å². The fraction of sp³-hybridized carbons (Fsp3) is 0.690. The molecule has 34 heavy (non-hydrogen) atoms. The summed E-state index contributed by atoms with van der Waals surface area (Å²) in [6, 6.07) is 6.85. The zero-order valence-electron chi connectivity index (χ0n) is 21.3. The fourth-order valence-electron chi connectivity index (χ4n) is 6.36. The highest BCUT2D eigenvalue weighted by Gasteiger charge is 2.43. The lowest BCUT2D eigenvalue weighted by molar-refractivity contribution is -0.119. The maximum atomic E-state index is 13.3. The number of nitrogens with zero attached hydrogens (tertiary/aromatic N) is 3. The summed E-state index contributed by atoms with van der Waals surface area (Å²) in [5, 5.41) is 19.6. The van der Waals surface area contributed by atoms with Crippen molar-refractivity contribution in [2.45, 2.75) is 109 Å². The molecule has 5 heteroatoms. The minimum atomic E-state index is -0.234. The summed E-state index contributed by atoms with van der Waals surface area (Å²) in [5.41, 5.74) is 3.54. The smallest absolute Gasteiger partial charge is 0.138 e. The van der Waals surface area contributed by atoms with Crippen LogP contribution in [0.2, 0.25) is 0 Å². The largest absolute Gasteiger partial charge is 0.393 e. The van der Waals surface area contributed by atoms with Crippen LogP contribution >= 0.6 is 0 Å². The highest BCUT2D eigenvalue weighted by Crippen LogP contribution is 2.49. The van der Waals surface area contributed by atoms with Gasteiger partial charge in [-0.05, 0) is 87.7 Å². The van der Waals surface area contributed by atoms with Crippen LogP contribution in [0.25, 0.3) is 0 Å². The minimum absolute atomic E-state index is 0.0649. The molecule has 3 aliphatic rings. The summed E-state index contributed by atoms with van der Waals surface area (Å²) >= 11 is 0. The Kier molecular flexibility index (Phi) is 6.67. The average molecular weight is 464 g/mol. The maximum Gasteiger partial charge on any atom is 0.138 e. The molecule has 1 atom stereocenters. The van der Waals surface area contributed by atoms with E-state index < -0.39 is 0 Å². The number of aliphatic hydroxyl groups is 1. The van der Waals surface area contributed by atoms with Crippen molar-refractivity contribution in [2.24, 2.45) is 17.8 Å². The molecule has 0 amide bonds. The third-order valence-electron chi connectivity index (χ3n) is 8.45. The van der Waals surface area contributed by atoms with Gasteiger partial charge in [0.1, 0.15) is 17.4 Å². The Balaban J connectivity index is 1.35. The first-order valence-electron chi connectivity index (χ1n) is 13.5. The van der Waals surface area contributed by atoms with Gasteiger partial charge in [0.05, 0.1) is 6.10 Å². The van der Waals surface area contributed by atoms with E-state index in [0.29, 0.717) is 30.7 Å².